The number of ether oxygens (including phenoxy) is 2. The molecule has 0 spiro atoms. The largest absolute Gasteiger partial charge is 0.493 e. The van der Waals surface area contributed by atoms with Crippen molar-refractivity contribution in [3.05, 3.63) is 101 Å². The average Bonchev–Trinajstić information content (AvgIpc) is 2.73. The van der Waals surface area contributed by atoms with Gasteiger partial charge in [0, 0.05) is 11.0 Å². The predicted octanol–water partition coefficient (Wildman–Crippen LogP) is 5.40. The zero-order chi connectivity index (χ0) is 18.9. The first-order valence-electron chi connectivity index (χ1n) is 8.92. The summed E-state index contributed by atoms with van der Waals surface area (Å²) in [7, 11) is 3.23. The molecule has 0 bridgehead atoms. The van der Waals surface area contributed by atoms with Gasteiger partial charge in [-0.25, -0.2) is 4.39 Å². The molecular formula is C24H21FO2. The fraction of sp³-hybridized carbons (Fsp3) is 0.167. The number of methoxy groups -OCH3 is 2. The number of halogens is 1. The highest BCUT2D eigenvalue weighted by molar-refractivity contribution is 5.65. The Morgan fingerprint density at radius 3 is 2.37 bits per heavy atom. The molecule has 3 aromatic rings. The Balaban J connectivity index is 1.95. The zero-order valence-electron chi connectivity index (χ0n) is 15.4. The first-order chi connectivity index (χ1) is 13.2. The molecule has 0 radical (unpaired) electrons. The Kier molecular flexibility index (Phi) is 4.44. The Morgan fingerprint density at radius 1 is 0.852 bits per heavy atom. The van der Waals surface area contributed by atoms with E-state index >= 15 is 0 Å². The van der Waals surface area contributed by atoms with Crippen LogP contribution in [-0.2, 0) is 11.8 Å². The molecule has 1 atom stereocenters. The van der Waals surface area contributed by atoms with Crippen molar-refractivity contribution in [3.8, 4) is 11.5 Å². The lowest BCUT2D eigenvalue weighted by atomic mass is 9.67. The summed E-state index contributed by atoms with van der Waals surface area (Å²) in [5.41, 5.74) is 3.38. The second-order valence-electron chi connectivity index (χ2n) is 6.73. The van der Waals surface area contributed by atoms with Crippen molar-refractivity contribution in [3.63, 3.8) is 0 Å². The first kappa shape index (κ1) is 17.3. The van der Waals surface area contributed by atoms with Gasteiger partial charge in [-0.2, -0.15) is 0 Å². The molecule has 136 valence electrons. The number of allylic oxidation sites excluding steroid dienone is 1. The molecule has 0 heterocycles. The van der Waals surface area contributed by atoms with E-state index in [9.17, 15) is 4.39 Å². The quantitative estimate of drug-likeness (QED) is 0.620. The first-order valence-corrected chi connectivity index (χ1v) is 8.92. The molecule has 1 aliphatic rings. The van der Waals surface area contributed by atoms with Crippen molar-refractivity contribution >= 4 is 6.08 Å². The number of fused-ring (bicyclic) bond motifs is 1. The van der Waals surface area contributed by atoms with Gasteiger partial charge in [0.25, 0.3) is 0 Å². The third kappa shape index (κ3) is 2.89. The van der Waals surface area contributed by atoms with Crippen LogP contribution in [0.2, 0.25) is 0 Å². The molecular weight excluding hydrogens is 339 g/mol. The Bertz CT molecular complexity index is 1010. The predicted molar refractivity (Wildman–Crippen MR) is 106 cm³/mol. The van der Waals surface area contributed by atoms with Crippen molar-refractivity contribution in [2.45, 2.75) is 11.8 Å². The maximum Gasteiger partial charge on any atom is 0.161 e. The van der Waals surface area contributed by atoms with Gasteiger partial charge in [0.05, 0.1) is 14.2 Å². The van der Waals surface area contributed by atoms with Gasteiger partial charge >= 0.3 is 0 Å². The molecule has 2 nitrogen and oxygen atoms in total. The molecule has 0 aromatic heterocycles. The molecule has 0 saturated heterocycles. The fourth-order valence-corrected chi connectivity index (χ4v) is 3.92. The van der Waals surface area contributed by atoms with E-state index in [1.165, 1.54) is 17.2 Å². The standard InChI is InChI=1S/C24H21FO2/c1-26-22-12-11-19(15-23(22)27-2)24(20-9-5-6-10-21(20)25)14-13-17-7-3-4-8-18(17)16-24/h3-15H,16H2,1-2H3. The maximum atomic E-state index is 14.9. The lowest BCUT2D eigenvalue weighted by Crippen LogP contribution is -2.31. The minimum Gasteiger partial charge on any atom is -0.493 e. The van der Waals surface area contributed by atoms with Crippen LogP contribution < -0.4 is 9.47 Å². The summed E-state index contributed by atoms with van der Waals surface area (Å²) in [6.07, 6.45) is 4.87. The average molecular weight is 360 g/mol. The monoisotopic (exact) mass is 360 g/mol. The highest BCUT2D eigenvalue weighted by Gasteiger charge is 2.37. The SMILES string of the molecule is COc1ccc(C2(c3ccccc3F)C=Cc3ccccc3C2)cc1OC. The van der Waals surface area contributed by atoms with Crippen molar-refractivity contribution in [2.75, 3.05) is 14.2 Å². The highest BCUT2D eigenvalue weighted by atomic mass is 19.1. The summed E-state index contributed by atoms with van der Waals surface area (Å²) in [5.74, 6) is 1.08. The topological polar surface area (TPSA) is 18.5 Å². The molecule has 27 heavy (non-hydrogen) atoms. The van der Waals surface area contributed by atoms with Crippen LogP contribution in [0.1, 0.15) is 22.3 Å². The third-order valence-corrected chi connectivity index (χ3v) is 5.32. The lowest BCUT2D eigenvalue weighted by Gasteiger charge is -2.36. The summed E-state index contributed by atoms with van der Waals surface area (Å²) in [5, 5.41) is 0. The van der Waals surface area contributed by atoms with Crippen molar-refractivity contribution in [1.82, 2.24) is 0 Å². The zero-order valence-corrected chi connectivity index (χ0v) is 15.4. The van der Waals surface area contributed by atoms with Crippen LogP contribution in [0.25, 0.3) is 6.08 Å². The third-order valence-electron chi connectivity index (χ3n) is 5.32. The van der Waals surface area contributed by atoms with Crippen LogP contribution >= 0.6 is 0 Å². The second kappa shape index (κ2) is 6.92. The summed E-state index contributed by atoms with van der Waals surface area (Å²) >= 11 is 0. The van der Waals surface area contributed by atoms with E-state index in [-0.39, 0.29) is 5.82 Å². The van der Waals surface area contributed by atoms with E-state index in [1.54, 1.807) is 20.3 Å². The van der Waals surface area contributed by atoms with E-state index in [1.807, 2.05) is 42.5 Å². The smallest absolute Gasteiger partial charge is 0.161 e. The minimum absolute atomic E-state index is 0.212. The molecule has 4 rings (SSSR count). The van der Waals surface area contributed by atoms with Gasteiger partial charge in [-0.05, 0) is 41.3 Å². The molecule has 0 fully saturated rings. The van der Waals surface area contributed by atoms with Crippen LogP contribution in [0.3, 0.4) is 0 Å². The van der Waals surface area contributed by atoms with E-state index in [2.05, 4.69) is 24.3 Å². The van der Waals surface area contributed by atoms with Gasteiger partial charge in [0.2, 0.25) is 0 Å². The van der Waals surface area contributed by atoms with E-state index < -0.39 is 5.41 Å². The van der Waals surface area contributed by atoms with Crippen LogP contribution in [0, 0.1) is 5.82 Å². The van der Waals surface area contributed by atoms with Crippen molar-refractivity contribution in [2.24, 2.45) is 0 Å². The molecule has 3 heteroatoms. The van der Waals surface area contributed by atoms with E-state index in [4.69, 9.17) is 9.47 Å². The number of hydrogen-bond acceptors (Lipinski definition) is 2. The Hall–Kier alpha value is -3.07. The van der Waals surface area contributed by atoms with E-state index in [0.29, 0.717) is 23.5 Å². The van der Waals surface area contributed by atoms with Gasteiger partial charge in [0.15, 0.2) is 11.5 Å². The molecule has 0 N–H and O–H groups in total. The minimum atomic E-state index is -0.612. The Labute approximate surface area is 158 Å². The van der Waals surface area contributed by atoms with Gasteiger partial charge < -0.3 is 9.47 Å². The normalized spacial score (nSPS) is 18.0. The Morgan fingerprint density at radius 2 is 1.59 bits per heavy atom. The summed E-state index contributed by atoms with van der Waals surface area (Å²) in [6, 6.07) is 21.1. The molecule has 0 amide bonds. The number of hydrogen-bond donors (Lipinski definition) is 0. The summed E-state index contributed by atoms with van der Waals surface area (Å²) < 4.78 is 25.8. The van der Waals surface area contributed by atoms with Gasteiger partial charge in [-0.15, -0.1) is 0 Å². The lowest BCUT2D eigenvalue weighted by molar-refractivity contribution is 0.354. The summed E-state index contributed by atoms with van der Waals surface area (Å²) in [6.45, 7) is 0. The molecule has 3 aromatic carbocycles. The van der Waals surface area contributed by atoms with Crippen LogP contribution in [-0.4, -0.2) is 14.2 Å². The molecule has 1 unspecified atom stereocenters. The van der Waals surface area contributed by atoms with Crippen LogP contribution in [0.15, 0.2) is 72.8 Å². The van der Waals surface area contributed by atoms with Crippen LogP contribution in [0.4, 0.5) is 4.39 Å². The summed E-state index contributed by atoms with van der Waals surface area (Å²) in [4.78, 5) is 0. The fourth-order valence-electron chi connectivity index (χ4n) is 3.92. The van der Waals surface area contributed by atoms with Gasteiger partial charge in [-0.3, -0.25) is 0 Å². The molecule has 1 aliphatic carbocycles. The molecule has 0 saturated carbocycles. The van der Waals surface area contributed by atoms with Gasteiger partial charge in [0.1, 0.15) is 5.82 Å². The van der Waals surface area contributed by atoms with Crippen molar-refractivity contribution in [1.29, 1.82) is 0 Å². The van der Waals surface area contributed by atoms with E-state index in [0.717, 1.165) is 5.56 Å². The van der Waals surface area contributed by atoms with Crippen molar-refractivity contribution < 1.29 is 13.9 Å². The maximum absolute atomic E-state index is 14.9. The highest BCUT2D eigenvalue weighted by Crippen LogP contribution is 2.44. The molecule has 0 aliphatic heterocycles. The van der Waals surface area contributed by atoms with Gasteiger partial charge in [-0.1, -0.05) is 60.7 Å². The second-order valence-corrected chi connectivity index (χ2v) is 6.73. The number of benzene rings is 3. The number of rotatable bonds is 4. The van der Waals surface area contributed by atoms with Crippen LogP contribution in [0.5, 0.6) is 11.5 Å².